The Kier molecular flexibility index (Phi) is 22.7. The number of nitrogens with one attached hydrogen (secondary N) is 4. The minimum atomic E-state index is -0.188. The zero-order valence-corrected chi connectivity index (χ0v) is 17.8. The van der Waals surface area contributed by atoms with Crippen LogP contribution in [-0.4, -0.2) is 64.1 Å². The first-order valence-electron chi connectivity index (χ1n) is 11.3. The maximum atomic E-state index is 10.00. The average molecular weight is 373 g/mol. The van der Waals surface area contributed by atoms with Crippen LogP contribution in [0, 0.1) is 0 Å². The monoisotopic (exact) mass is 372 g/mol. The van der Waals surface area contributed by atoms with E-state index >= 15 is 0 Å². The Morgan fingerprint density at radius 2 is 1.08 bits per heavy atom. The van der Waals surface area contributed by atoms with Gasteiger partial charge in [0.05, 0.1) is 6.10 Å². The van der Waals surface area contributed by atoms with Crippen LogP contribution in [0.4, 0.5) is 0 Å². The number of aliphatic hydroxyl groups is 1. The molecule has 0 heterocycles. The minimum Gasteiger partial charge on any atom is -0.392 e. The average Bonchev–Trinajstić information content (AvgIpc) is 2.64. The molecule has 0 fully saturated rings. The van der Waals surface area contributed by atoms with Crippen molar-refractivity contribution in [1.82, 2.24) is 21.3 Å². The summed E-state index contributed by atoms with van der Waals surface area (Å²) in [5.74, 6) is 0. The molecule has 0 bridgehead atoms. The first-order valence-corrected chi connectivity index (χ1v) is 11.3. The van der Waals surface area contributed by atoms with Gasteiger partial charge >= 0.3 is 0 Å². The highest BCUT2D eigenvalue weighted by Gasteiger charge is 2.03. The predicted octanol–water partition coefficient (Wildman–Crippen LogP) is 2.65. The molecule has 0 radical (unpaired) electrons. The molecule has 0 saturated heterocycles. The molecule has 0 aliphatic rings. The minimum absolute atomic E-state index is 0.188. The molecule has 0 amide bonds. The molecule has 5 heteroatoms. The first-order chi connectivity index (χ1) is 12.8. The van der Waals surface area contributed by atoms with Gasteiger partial charge in [-0.05, 0) is 13.5 Å². The van der Waals surface area contributed by atoms with E-state index in [4.69, 9.17) is 0 Å². The molecule has 5 N–H and O–H groups in total. The first kappa shape index (κ1) is 25.8. The van der Waals surface area contributed by atoms with E-state index < -0.39 is 0 Å². The predicted molar refractivity (Wildman–Crippen MR) is 115 cm³/mol. The van der Waals surface area contributed by atoms with Crippen LogP contribution in [0.1, 0.15) is 77.6 Å². The highest BCUT2D eigenvalue weighted by Crippen LogP contribution is 2.11. The molecule has 5 nitrogen and oxygen atoms in total. The van der Waals surface area contributed by atoms with Crippen molar-refractivity contribution in [1.29, 1.82) is 0 Å². The summed E-state index contributed by atoms with van der Waals surface area (Å²) < 4.78 is 0. The lowest BCUT2D eigenvalue weighted by molar-refractivity contribution is 0.158. The van der Waals surface area contributed by atoms with Crippen LogP contribution in [0.25, 0.3) is 0 Å². The summed E-state index contributed by atoms with van der Waals surface area (Å²) in [6.07, 6.45) is 14.3. The number of aliphatic hydroxyl groups excluding tert-OH is 1. The second-order valence-electron chi connectivity index (χ2n) is 7.43. The standard InChI is InChI=1S/C21H48N4O/c1-3-4-5-6-7-8-9-10-11-12-13-21(26)20-25-19-18-24-17-16-23-15-14-22-2/h21-26H,3-20H2,1-2H3. The topological polar surface area (TPSA) is 68.3 Å². The number of rotatable bonds is 22. The molecule has 0 rings (SSSR count). The molecular weight excluding hydrogens is 324 g/mol. The van der Waals surface area contributed by atoms with Crippen molar-refractivity contribution in [2.45, 2.75) is 83.7 Å². The lowest BCUT2D eigenvalue weighted by Gasteiger charge is -2.12. The van der Waals surface area contributed by atoms with Gasteiger partial charge in [-0.1, -0.05) is 71.1 Å². The van der Waals surface area contributed by atoms with Crippen molar-refractivity contribution >= 4 is 0 Å². The van der Waals surface area contributed by atoms with Crippen LogP contribution in [0.5, 0.6) is 0 Å². The molecule has 26 heavy (non-hydrogen) atoms. The Bertz CT molecular complexity index is 230. The van der Waals surface area contributed by atoms with Crippen molar-refractivity contribution in [2.75, 3.05) is 52.9 Å². The highest BCUT2D eigenvalue weighted by molar-refractivity contribution is 4.62. The zero-order valence-electron chi connectivity index (χ0n) is 17.8. The van der Waals surface area contributed by atoms with E-state index in [0.717, 1.165) is 58.7 Å². The van der Waals surface area contributed by atoms with Crippen molar-refractivity contribution in [3.8, 4) is 0 Å². The summed E-state index contributed by atoms with van der Waals surface area (Å²) >= 11 is 0. The number of hydrogen-bond acceptors (Lipinski definition) is 5. The number of likely N-dealkylation sites (N-methyl/N-ethyl adjacent to an activating group) is 1. The van der Waals surface area contributed by atoms with Gasteiger partial charge in [0.25, 0.3) is 0 Å². The molecule has 0 aromatic heterocycles. The maximum Gasteiger partial charge on any atom is 0.0664 e. The summed E-state index contributed by atoms with van der Waals surface area (Å²) in [6, 6.07) is 0. The van der Waals surface area contributed by atoms with Crippen LogP contribution in [-0.2, 0) is 0 Å². The normalized spacial score (nSPS) is 12.6. The van der Waals surface area contributed by atoms with Gasteiger partial charge < -0.3 is 26.4 Å². The molecule has 0 aliphatic carbocycles. The molecule has 158 valence electrons. The summed E-state index contributed by atoms with van der Waals surface area (Å²) in [7, 11) is 1.97. The second-order valence-corrected chi connectivity index (χ2v) is 7.43. The maximum absolute atomic E-state index is 10.00. The van der Waals surface area contributed by atoms with E-state index in [1.165, 1.54) is 57.8 Å². The van der Waals surface area contributed by atoms with Crippen LogP contribution < -0.4 is 21.3 Å². The van der Waals surface area contributed by atoms with E-state index in [0.29, 0.717) is 0 Å². The van der Waals surface area contributed by atoms with Crippen molar-refractivity contribution < 1.29 is 5.11 Å². The third-order valence-corrected chi connectivity index (χ3v) is 4.78. The summed E-state index contributed by atoms with van der Waals surface area (Å²) in [5, 5.41) is 23.2. The van der Waals surface area contributed by atoms with Crippen molar-refractivity contribution in [3.63, 3.8) is 0 Å². The summed E-state index contributed by atoms with van der Waals surface area (Å²) in [6.45, 7) is 8.90. The fourth-order valence-electron chi connectivity index (χ4n) is 3.06. The lowest BCUT2D eigenvalue weighted by atomic mass is 10.0. The Morgan fingerprint density at radius 3 is 1.62 bits per heavy atom. The van der Waals surface area contributed by atoms with Gasteiger partial charge in [0, 0.05) is 45.8 Å². The smallest absolute Gasteiger partial charge is 0.0664 e. The van der Waals surface area contributed by atoms with Gasteiger partial charge in [0.15, 0.2) is 0 Å². The van der Waals surface area contributed by atoms with Crippen LogP contribution in [0.3, 0.4) is 0 Å². The Morgan fingerprint density at radius 1 is 0.615 bits per heavy atom. The van der Waals surface area contributed by atoms with Crippen LogP contribution >= 0.6 is 0 Å². The van der Waals surface area contributed by atoms with Gasteiger partial charge in [-0.25, -0.2) is 0 Å². The summed E-state index contributed by atoms with van der Waals surface area (Å²) in [5.41, 5.74) is 0. The van der Waals surface area contributed by atoms with Gasteiger partial charge in [0.1, 0.15) is 0 Å². The third kappa shape index (κ3) is 21.8. The molecule has 0 spiro atoms. The van der Waals surface area contributed by atoms with Crippen molar-refractivity contribution in [3.05, 3.63) is 0 Å². The van der Waals surface area contributed by atoms with E-state index in [1.54, 1.807) is 0 Å². The van der Waals surface area contributed by atoms with E-state index in [9.17, 15) is 5.11 Å². The SMILES string of the molecule is CCCCCCCCCCCCC(O)CNCCNCCNCCNC. The van der Waals surface area contributed by atoms with Crippen molar-refractivity contribution in [2.24, 2.45) is 0 Å². The van der Waals surface area contributed by atoms with Crippen LogP contribution in [0.15, 0.2) is 0 Å². The van der Waals surface area contributed by atoms with Gasteiger partial charge in [-0.15, -0.1) is 0 Å². The van der Waals surface area contributed by atoms with Gasteiger partial charge in [0.2, 0.25) is 0 Å². The number of unbranched alkanes of at least 4 members (excludes halogenated alkanes) is 9. The number of hydrogen-bond donors (Lipinski definition) is 5. The quantitative estimate of drug-likeness (QED) is 0.189. The zero-order chi connectivity index (χ0) is 19.1. The molecule has 0 aliphatic heterocycles. The molecular formula is C21H48N4O. The largest absolute Gasteiger partial charge is 0.392 e. The Balaban J connectivity index is 3.12. The molecule has 0 saturated carbocycles. The molecule has 1 atom stereocenters. The van der Waals surface area contributed by atoms with E-state index in [1.807, 2.05) is 7.05 Å². The molecule has 0 aromatic carbocycles. The van der Waals surface area contributed by atoms with Crippen LogP contribution in [0.2, 0.25) is 0 Å². The second kappa shape index (κ2) is 22.8. The molecule has 0 aromatic rings. The van der Waals surface area contributed by atoms with E-state index in [2.05, 4.69) is 28.2 Å². The van der Waals surface area contributed by atoms with Gasteiger partial charge in [-0.3, -0.25) is 0 Å². The third-order valence-electron chi connectivity index (χ3n) is 4.78. The van der Waals surface area contributed by atoms with Gasteiger partial charge in [-0.2, -0.15) is 0 Å². The fourth-order valence-corrected chi connectivity index (χ4v) is 3.06. The summed E-state index contributed by atoms with van der Waals surface area (Å²) in [4.78, 5) is 0. The molecule has 1 unspecified atom stereocenters. The fraction of sp³-hybridized carbons (Fsp3) is 1.00. The Labute approximate surface area is 163 Å². The lowest BCUT2D eigenvalue weighted by Crippen LogP contribution is -2.36. The Hall–Kier alpha value is -0.200. The van der Waals surface area contributed by atoms with E-state index in [-0.39, 0.29) is 6.10 Å². The highest BCUT2D eigenvalue weighted by atomic mass is 16.3.